The fourth-order valence-corrected chi connectivity index (χ4v) is 1.28. The highest BCUT2D eigenvalue weighted by atomic mass is 35.5. The summed E-state index contributed by atoms with van der Waals surface area (Å²) in [7, 11) is -4.25. The molecule has 0 saturated carbocycles. The first-order valence-corrected chi connectivity index (χ1v) is 5.13. The quantitative estimate of drug-likeness (QED) is 0.374. The van der Waals surface area contributed by atoms with Crippen molar-refractivity contribution in [3.8, 4) is 0 Å². The molecule has 0 N–H and O–H groups in total. The average Bonchev–Trinajstić information content (AvgIpc) is 1.78. The van der Waals surface area contributed by atoms with Gasteiger partial charge in [-0.25, -0.2) is 0 Å². The first-order chi connectivity index (χ1) is 4.56. The standard InChI is InChI=1S/C5H10ClFO2S/c6-4-2-1-3-5-10(7,8)9/h1-5H2. The smallest absolute Gasteiger partial charge is 0.195 e. The Bertz CT molecular complexity index is 166. The van der Waals surface area contributed by atoms with Gasteiger partial charge in [-0.05, 0) is 12.8 Å². The highest BCUT2D eigenvalue weighted by molar-refractivity contribution is 7.86. The Morgan fingerprint density at radius 3 is 2.20 bits per heavy atom. The lowest BCUT2D eigenvalue weighted by Crippen LogP contribution is -1.97. The lowest BCUT2D eigenvalue weighted by Gasteiger charge is -1.93. The van der Waals surface area contributed by atoms with E-state index in [-0.39, 0.29) is 5.75 Å². The molecule has 0 spiro atoms. The van der Waals surface area contributed by atoms with Gasteiger partial charge in [-0.15, -0.1) is 15.5 Å². The molecule has 0 amide bonds. The van der Waals surface area contributed by atoms with E-state index in [0.29, 0.717) is 18.7 Å². The van der Waals surface area contributed by atoms with E-state index in [0.717, 1.165) is 6.42 Å². The van der Waals surface area contributed by atoms with Crippen molar-refractivity contribution >= 4 is 21.8 Å². The molecule has 0 bridgehead atoms. The maximum atomic E-state index is 11.8. The Kier molecular flexibility index (Phi) is 4.99. The van der Waals surface area contributed by atoms with Crippen LogP contribution in [0.4, 0.5) is 3.89 Å². The van der Waals surface area contributed by atoms with Gasteiger partial charge >= 0.3 is 10.2 Å². The van der Waals surface area contributed by atoms with Gasteiger partial charge in [-0.1, -0.05) is 6.42 Å². The van der Waals surface area contributed by atoms with Crippen LogP contribution in [-0.2, 0) is 10.2 Å². The minimum Gasteiger partial charge on any atom is -0.195 e. The number of unbranched alkanes of at least 4 members (excludes halogenated alkanes) is 2. The maximum absolute atomic E-state index is 11.8. The van der Waals surface area contributed by atoms with E-state index >= 15 is 0 Å². The Morgan fingerprint density at radius 2 is 1.80 bits per heavy atom. The molecule has 0 saturated heterocycles. The third-order valence-corrected chi connectivity index (χ3v) is 2.07. The van der Waals surface area contributed by atoms with Crippen LogP contribution >= 0.6 is 11.6 Å². The predicted octanol–water partition coefficient (Wildman–Crippen LogP) is 1.69. The molecule has 0 rings (SSSR count). The Labute approximate surface area is 65.6 Å². The molecule has 0 fully saturated rings. The summed E-state index contributed by atoms with van der Waals surface area (Å²) < 4.78 is 31.5. The van der Waals surface area contributed by atoms with Crippen molar-refractivity contribution in [1.82, 2.24) is 0 Å². The number of hydrogen-bond acceptors (Lipinski definition) is 2. The molecule has 0 aromatic carbocycles. The minimum atomic E-state index is -4.25. The largest absolute Gasteiger partial charge is 0.302 e. The van der Waals surface area contributed by atoms with Crippen LogP contribution in [0.5, 0.6) is 0 Å². The van der Waals surface area contributed by atoms with E-state index in [1.54, 1.807) is 0 Å². The minimum absolute atomic E-state index is 0.367. The summed E-state index contributed by atoms with van der Waals surface area (Å²) in [6.45, 7) is 0. The molecular formula is C5H10ClFO2S. The second kappa shape index (κ2) is 4.91. The fraction of sp³-hybridized carbons (Fsp3) is 1.00. The van der Waals surface area contributed by atoms with Crippen molar-refractivity contribution in [2.45, 2.75) is 19.3 Å². The average molecular weight is 189 g/mol. The van der Waals surface area contributed by atoms with Crippen LogP contribution in [0.2, 0.25) is 0 Å². The topological polar surface area (TPSA) is 34.1 Å². The van der Waals surface area contributed by atoms with Crippen molar-refractivity contribution in [1.29, 1.82) is 0 Å². The Balaban J connectivity index is 3.21. The molecule has 0 aliphatic rings. The van der Waals surface area contributed by atoms with Crippen molar-refractivity contribution < 1.29 is 12.3 Å². The highest BCUT2D eigenvalue weighted by Gasteiger charge is 2.04. The monoisotopic (exact) mass is 188 g/mol. The fourth-order valence-electron chi connectivity index (χ4n) is 0.546. The predicted molar refractivity (Wildman–Crippen MR) is 39.5 cm³/mol. The molecule has 0 aliphatic heterocycles. The Hall–Kier alpha value is 0.170. The van der Waals surface area contributed by atoms with Crippen LogP contribution in [0.25, 0.3) is 0 Å². The summed E-state index contributed by atoms with van der Waals surface area (Å²) >= 11 is 5.31. The van der Waals surface area contributed by atoms with Gasteiger partial charge in [0.25, 0.3) is 0 Å². The van der Waals surface area contributed by atoms with Crippen molar-refractivity contribution in [3.05, 3.63) is 0 Å². The van der Waals surface area contributed by atoms with Crippen LogP contribution in [0.3, 0.4) is 0 Å². The lowest BCUT2D eigenvalue weighted by atomic mass is 10.3. The molecule has 62 valence electrons. The zero-order valence-electron chi connectivity index (χ0n) is 5.52. The van der Waals surface area contributed by atoms with Gasteiger partial charge in [0.05, 0.1) is 5.75 Å². The SMILES string of the molecule is O=S(=O)(F)CCCCCCl. The van der Waals surface area contributed by atoms with Crippen LogP contribution in [0.15, 0.2) is 0 Å². The molecule has 0 aromatic rings. The Morgan fingerprint density at radius 1 is 1.20 bits per heavy atom. The molecule has 0 aromatic heterocycles. The van der Waals surface area contributed by atoms with Crippen molar-refractivity contribution in [3.63, 3.8) is 0 Å². The van der Waals surface area contributed by atoms with E-state index in [2.05, 4.69) is 0 Å². The number of rotatable bonds is 5. The third kappa shape index (κ3) is 8.17. The van der Waals surface area contributed by atoms with E-state index in [4.69, 9.17) is 11.6 Å². The maximum Gasteiger partial charge on any atom is 0.302 e. The summed E-state index contributed by atoms with van der Waals surface area (Å²) in [6.07, 6.45) is 1.79. The number of alkyl halides is 1. The van der Waals surface area contributed by atoms with Crippen molar-refractivity contribution in [2.75, 3.05) is 11.6 Å². The molecule has 2 nitrogen and oxygen atoms in total. The highest BCUT2D eigenvalue weighted by Crippen LogP contribution is 2.01. The first-order valence-electron chi connectivity index (χ1n) is 3.04. The summed E-state index contributed by atoms with van der Waals surface area (Å²) in [5.74, 6) is 0.135. The summed E-state index contributed by atoms with van der Waals surface area (Å²) in [5, 5.41) is 0. The number of hydrogen-bond donors (Lipinski definition) is 0. The van der Waals surface area contributed by atoms with Gasteiger partial charge in [0, 0.05) is 5.88 Å². The van der Waals surface area contributed by atoms with Gasteiger partial charge in [0.1, 0.15) is 0 Å². The van der Waals surface area contributed by atoms with Gasteiger partial charge in [-0.3, -0.25) is 0 Å². The van der Waals surface area contributed by atoms with Gasteiger partial charge < -0.3 is 0 Å². The summed E-state index contributed by atoms with van der Waals surface area (Å²) in [6, 6.07) is 0. The molecule has 0 radical (unpaired) electrons. The van der Waals surface area contributed by atoms with E-state index < -0.39 is 10.2 Å². The summed E-state index contributed by atoms with van der Waals surface area (Å²) in [5.41, 5.74) is 0. The van der Waals surface area contributed by atoms with Crippen LogP contribution in [0.1, 0.15) is 19.3 Å². The lowest BCUT2D eigenvalue weighted by molar-refractivity contribution is 0.547. The second-order valence-electron chi connectivity index (χ2n) is 1.99. The van der Waals surface area contributed by atoms with E-state index in [9.17, 15) is 12.3 Å². The van der Waals surface area contributed by atoms with Gasteiger partial charge in [0.2, 0.25) is 0 Å². The van der Waals surface area contributed by atoms with E-state index in [1.807, 2.05) is 0 Å². The molecular weight excluding hydrogens is 179 g/mol. The van der Waals surface area contributed by atoms with Crippen molar-refractivity contribution in [2.24, 2.45) is 0 Å². The normalized spacial score (nSPS) is 11.8. The van der Waals surface area contributed by atoms with Crippen LogP contribution < -0.4 is 0 Å². The van der Waals surface area contributed by atoms with Gasteiger partial charge in [-0.2, -0.15) is 8.42 Å². The second-order valence-corrected chi connectivity index (χ2v) is 3.86. The van der Waals surface area contributed by atoms with Crippen LogP contribution in [0, 0.1) is 0 Å². The molecule has 0 aliphatic carbocycles. The molecule has 5 heteroatoms. The first kappa shape index (κ1) is 10.2. The summed E-state index contributed by atoms with van der Waals surface area (Å²) in [4.78, 5) is 0. The molecule has 0 atom stereocenters. The van der Waals surface area contributed by atoms with E-state index in [1.165, 1.54) is 0 Å². The molecule has 0 heterocycles. The van der Waals surface area contributed by atoms with Gasteiger partial charge in [0.15, 0.2) is 0 Å². The third-order valence-electron chi connectivity index (χ3n) is 1.02. The zero-order chi connectivity index (χ0) is 8.04. The molecule has 10 heavy (non-hydrogen) atoms. The number of halogens is 2. The zero-order valence-corrected chi connectivity index (χ0v) is 7.09. The van der Waals surface area contributed by atoms with Crippen LogP contribution in [-0.4, -0.2) is 20.1 Å². The molecule has 0 unspecified atom stereocenters.